The van der Waals surface area contributed by atoms with Gasteiger partial charge in [0.05, 0.1) is 18.8 Å². The van der Waals surface area contributed by atoms with Crippen molar-refractivity contribution in [3.8, 4) is 5.75 Å². The van der Waals surface area contributed by atoms with Crippen LogP contribution in [0.3, 0.4) is 0 Å². The Labute approximate surface area is 129 Å². The molecule has 1 aromatic rings. The fourth-order valence-electron chi connectivity index (χ4n) is 2.16. The number of aromatic hydroxyl groups is 1. The van der Waals surface area contributed by atoms with Crippen molar-refractivity contribution in [3.63, 3.8) is 0 Å². The number of carbonyl (C=O) groups is 2. The second kappa shape index (κ2) is 5.81. The number of rotatable bonds is 4. The van der Waals surface area contributed by atoms with E-state index in [9.17, 15) is 14.7 Å². The molecule has 2 amide bonds. The predicted octanol–water partition coefficient (Wildman–Crippen LogP) is 1.35. The highest BCUT2D eigenvalue weighted by atomic mass is 16.3. The average molecular weight is 304 g/mol. The zero-order valence-corrected chi connectivity index (χ0v) is 12.9. The number of benzene rings is 1. The van der Waals surface area contributed by atoms with E-state index in [1.165, 1.54) is 6.08 Å². The van der Waals surface area contributed by atoms with E-state index in [-0.39, 0.29) is 30.0 Å². The van der Waals surface area contributed by atoms with E-state index >= 15 is 0 Å². The second-order valence-electron chi connectivity index (χ2n) is 6.18. The molecular formula is C16H20N2O4. The minimum Gasteiger partial charge on any atom is -0.506 e. The molecule has 22 heavy (non-hydrogen) atoms. The molecule has 0 aromatic heterocycles. The van der Waals surface area contributed by atoms with Gasteiger partial charge in [-0.2, -0.15) is 0 Å². The monoisotopic (exact) mass is 304 g/mol. The molecule has 0 fully saturated rings. The molecule has 1 aliphatic heterocycles. The minimum atomic E-state index is -0.514. The number of nitrogens with zero attached hydrogens (tertiary/aromatic N) is 1. The summed E-state index contributed by atoms with van der Waals surface area (Å²) < 4.78 is 0. The van der Waals surface area contributed by atoms with E-state index < -0.39 is 11.8 Å². The van der Waals surface area contributed by atoms with Crippen LogP contribution < -0.4 is 5.32 Å². The fraction of sp³-hybridized carbons (Fsp3) is 0.375. The van der Waals surface area contributed by atoms with E-state index in [2.05, 4.69) is 5.32 Å². The Balaban J connectivity index is 2.27. The van der Waals surface area contributed by atoms with Gasteiger partial charge in [0, 0.05) is 6.08 Å². The van der Waals surface area contributed by atoms with Crippen molar-refractivity contribution in [3.05, 3.63) is 35.5 Å². The van der Waals surface area contributed by atoms with E-state index in [1.54, 1.807) is 12.1 Å². The maximum Gasteiger partial charge on any atom is 0.277 e. The smallest absolute Gasteiger partial charge is 0.277 e. The lowest BCUT2D eigenvalue weighted by molar-refractivity contribution is -0.137. The molecule has 1 heterocycles. The number of hydrogen-bond acceptors (Lipinski definition) is 5. The number of β-amino-alcohol motifs (C(OH)–C–C–N with tert-alkyl or cyclic N) is 1. The van der Waals surface area contributed by atoms with Gasteiger partial charge >= 0.3 is 0 Å². The Morgan fingerprint density at radius 1 is 1.23 bits per heavy atom. The largest absolute Gasteiger partial charge is 0.506 e. The number of phenols is 1. The summed E-state index contributed by atoms with van der Waals surface area (Å²) in [5.74, 6) is -0.998. The molecule has 6 heteroatoms. The third-order valence-corrected chi connectivity index (χ3v) is 3.46. The number of anilines is 1. The Hall–Kier alpha value is -2.34. The third kappa shape index (κ3) is 3.12. The van der Waals surface area contributed by atoms with Crippen molar-refractivity contribution < 1.29 is 19.8 Å². The fourth-order valence-corrected chi connectivity index (χ4v) is 2.16. The second-order valence-corrected chi connectivity index (χ2v) is 6.18. The number of amides is 2. The predicted molar refractivity (Wildman–Crippen MR) is 82.3 cm³/mol. The minimum absolute atomic E-state index is 0.00485. The molecule has 0 radical (unpaired) electrons. The molecule has 0 saturated heterocycles. The first-order chi connectivity index (χ1) is 10.2. The van der Waals surface area contributed by atoms with Gasteiger partial charge in [0.25, 0.3) is 11.8 Å². The third-order valence-electron chi connectivity index (χ3n) is 3.46. The van der Waals surface area contributed by atoms with Crippen molar-refractivity contribution >= 4 is 17.5 Å². The first-order valence-electron chi connectivity index (χ1n) is 7.03. The lowest BCUT2D eigenvalue weighted by Crippen LogP contribution is -2.34. The van der Waals surface area contributed by atoms with Crippen LogP contribution in [0.2, 0.25) is 0 Å². The van der Waals surface area contributed by atoms with Crippen LogP contribution in [0.15, 0.2) is 30.0 Å². The van der Waals surface area contributed by atoms with E-state index in [0.29, 0.717) is 5.69 Å². The first-order valence-corrected chi connectivity index (χ1v) is 7.03. The zero-order chi connectivity index (χ0) is 16.5. The summed E-state index contributed by atoms with van der Waals surface area (Å²) in [7, 11) is 0. The van der Waals surface area contributed by atoms with Crippen LogP contribution in [0.25, 0.3) is 0 Å². The van der Waals surface area contributed by atoms with Crippen LogP contribution in [0, 0.1) is 0 Å². The van der Waals surface area contributed by atoms with E-state index in [4.69, 9.17) is 5.11 Å². The molecule has 0 aliphatic carbocycles. The van der Waals surface area contributed by atoms with Crippen LogP contribution in [-0.2, 0) is 15.0 Å². The molecule has 0 atom stereocenters. The normalized spacial score (nSPS) is 15.3. The van der Waals surface area contributed by atoms with Gasteiger partial charge in [-0.3, -0.25) is 14.5 Å². The number of aliphatic hydroxyl groups excluding tert-OH is 1. The summed E-state index contributed by atoms with van der Waals surface area (Å²) in [4.78, 5) is 24.7. The quantitative estimate of drug-likeness (QED) is 0.577. The van der Waals surface area contributed by atoms with Gasteiger partial charge in [-0.1, -0.05) is 26.8 Å². The molecule has 1 aliphatic rings. The topological polar surface area (TPSA) is 89.9 Å². The van der Waals surface area contributed by atoms with Gasteiger partial charge in [0.1, 0.15) is 11.4 Å². The molecule has 2 rings (SSSR count). The van der Waals surface area contributed by atoms with Crippen LogP contribution in [0.1, 0.15) is 26.3 Å². The van der Waals surface area contributed by atoms with Gasteiger partial charge in [-0.05, 0) is 23.1 Å². The lowest BCUT2D eigenvalue weighted by atomic mass is 9.87. The van der Waals surface area contributed by atoms with Crippen molar-refractivity contribution in [2.45, 2.75) is 26.2 Å². The Morgan fingerprint density at radius 2 is 1.91 bits per heavy atom. The van der Waals surface area contributed by atoms with Crippen LogP contribution in [0.4, 0.5) is 5.69 Å². The summed E-state index contributed by atoms with van der Waals surface area (Å²) in [5.41, 5.74) is 1.32. The van der Waals surface area contributed by atoms with Crippen molar-refractivity contribution in [2.75, 3.05) is 18.5 Å². The highest BCUT2D eigenvalue weighted by Gasteiger charge is 2.31. The number of carbonyl (C=O) groups excluding carboxylic acids is 2. The number of hydrogen-bond donors (Lipinski definition) is 3. The van der Waals surface area contributed by atoms with Crippen LogP contribution >= 0.6 is 0 Å². The Bertz CT molecular complexity index is 644. The van der Waals surface area contributed by atoms with E-state index in [0.717, 1.165) is 10.5 Å². The average Bonchev–Trinajstić information content (AvgIpc) is 2.68. The Morgan fingerprint density at radius 3 is 2.50 bits per heavy atom. The molecule has 0 unspecified atom stereocenters. The molecule has 0 spiro atoms. The van der Waals surface area contributed by atoms with Gasteiger partial charge < -0.3 is 15.5 Å². The van der Waals surface area contributed by atoms with Gasteiger partial charge in [0.15, 0.2) is 0 Å². The number of phenolic OH excluding ortho intramolecular Hbond substituents is 1. The molecule has 118 valence electrons. The number of imide groups is 1. The SMILES string of the molecule is CC(C)(C)c1ccc(O)c(NC2=CC(=O)N(CCO)C2=O)c1. The van der Waals surface area contributed by atoms with Crippen molar-refractivity contribution in [1.29, 1.82) is 0 Å². The van der Waals surface area contributed by atoms with Crippen LogP contribution in [-0.4, -0.2) is 40.1 Å². The highest BCUT2D eigenvalue weighted by Crippen LogP contribution is 2.32. The standard InChI is InChI=1S/C16H20N2O4/c1-16(2,3)10-4-5-13(20)11(8-10)17-12-9-14(21)18(6-7-19)15(12)22/h4-5,8-9,17,19-20H,6-7H2,1-3H3. The molecule has 0 bridgehead atoms. The number of nitrogens with one attached hydrogen (secondary N) is 1. The highest BCUT2D eigenvalue weighted by molar-refractivity contribution is 6.17. The zero-order valence-electron chi connectivity index (χ0n) is 12.9. The summed E-state index contributed by atoms with van der Waals surface area (Å²) in [6, 6.07) is 5.12. The van der Waals surface area contributed by atoms with Gasteiger partial charge in [-0.15, -0.1) is 0 Å². The summed E-state index contributed by atoms with van der Waals surface area (Å²) >= 11 is 0. The summed E-state index contributed by atoms with van der Waals surface area (Å²) in [6.07, 6.45) is 1.17. The number of aliphatic hydroxyl groups is 1. The van der Waals surface area contributed by atoms with Crippen molar-refractivity contribution in [1.82, 2.24) is 4.90 Å². The first kappa shape index (κ1) is 16.0. The van der Waals surface area contributed by atoms with Crippen molar-refractivity contribution in [2.24, 2.45) is 0 Å². The molecule has 0 saturated carbocycles. The maximum atomic E-state index is 12.1. The molecule has 1 aromatic carbocycles. The summed E-state index contributed by atoms with van der Waals surface area (Å²) in [6.45, 7) is 5.78. The van der Waals surface area contributed by atoms with Gasteiger partial charge in [0.2, 0.25) is 0 Å². The lowest BCUT2D eigenvalue weighted by Gasteiger charge is -2.21. The Kier molecular flexibility index (Phi) is 4.23. The molecule has 6 nitrogen and oxygen atoms in total. The maximum absolute atomic E-state index is 12.1. The van der Waals surface area contributed by atoms with Gasteiger partial charge in [-0.25, -0.2) is 0 Å². The van der Waals surface area contributed by atoms with Crippen LogP contribution in [0.5, 0.6) is 5.75 Å². The summed E-state index contributed by atoms with van der Waals surface area (Å²) in [5, 5.41) is 21.6. The van der Waals surface area contributed by atoms with E-state index in [1.807, 2.05) is 26.8 Å². The molecule has 3 N–H and O–H groups in total. The molecular weight excluding hydrogens is 284 g/mol.